The summed E-state index contributed by atoms with van der Waals surface area (Å²) in [5.41, 5.74) is 9.38. The third-order valence-electron chi connectivity index (χ3n) is 6.36. The molecule has 1 unspecified atom stereocenters. The first kappa shape index (κ1) is 23.1. The lowest BCUT2D eigenvalue weighted by molar-refractivity contribution is -0.117. The van der Waals surface area contributed by atoms with Crippen molar-refractivity contribution in [3.05, 3.63) is 82.2 Å². The van der Waals surface area contributed by atoms with Gasteiger partial charge in [-0.05, 0) is 41.7 Å². The Morgan fingerprint density at radius 1 is 1.12 bits per heavy atom. The minimum absolute atomic E-state index is 0.106. The molecule has 34 heavy (non-hydrogen) atoms. The van der Waals surface area contributed by atoms with E-state index in [-0.39, 0.29) is 22.5 Å². The zero-order valence-electron chi connectivity index (χ0n) is 19.7. The van der Waals surface area contributed by atoms with Gasteiger partial charge in [0.15, 0.2) is 5.78 Å². The van der Waals surface area contributed by atoms with Crippen molar-refractivity contribution in [3.8, 4) is 11.8 Å². The van der Waals surface area contributed by atoms with E-state index < -0.39 is 12.0 Å². The number of carbonyl (C=O) groups excluding carboxylic acids is 2. The zero-order chi connectivity index (χ0) is 24.6. The highest BCUT2D eigenvalue weighted by Crippen LogP contribution is 2.50. The van der Waals surface area contributed by atoms with Gasteiger partial charge >= 0.3 is 5.97 Å². The van der Waals surface area contributed by atoms with Crippen LogP contribution in [0.4, 0.5) is 5.69 Å². The van der Waals surface area contributed by atoms with Gasteiger partial charge in [0, 0.05) is 12.1 Å². The van der Waals surface area contributed by atoms with Crippen LogP contribution in [0.25, 0.3) is 0 Å². The quantitative estimate of drug-likeness (QED) is 0.677. The van der Waals surface area contributed by atoms with E-state index in [2.05, 4.69) is 6.07 Å². The molecule has 2 aromatic carbocycles. The largest absolute Gasteiger partial charge is 0.497 e. The third-order valence-corrected chi connectivity index (χ3v) is 6.36. The van der Waals surface area contributed by atoms with E-state index in [1.165, 1.54) is 7.11 Å². The molecule has 7 nitrogen and oxygen atoms in total. The molecule has 0 aromatic heterocycles. The number of nitrogens with zero attached hydrogens (tertiary/aromatic N) is 2. The fourth-order valence-electron chi connectivity index (χ4n) is 4.84. The highest BCUT2D eigenvalue weighted by molar-refractivity contribution is 6.04. The van der Waals surface area contributed by atoms with Gasteiger partial charge in [-0.3, -0.25) is 4.79 Å². The summed E-state index contributed by atoms with van der Waals surface area (Å²) in [6.07, 6.45) is 0.876. The van der Waals surface area contributed by atoms with Crippen molar-refractivity contribution in [2.45, 2.75) is 32.7 Å². The monoisotopic (exact) mass is 457 g/mol. The van der Waals surface area contributed by atoms with Gasteiger partial charge in [-0.15, -0.1) is 0 Å². The van der Waals surface area contributed by atoms with Crippen LogP contribution in [0.3, 0.4) is 0 Å². The van der Waals surface area contributed by atoms with Crippen LogP contribution in [0, 0.1) is 16.7 Å². The Morgan fingerprint density at radius 3 is 2.41 bits per heavy atom. The second kappa shape index (κ2) is 8.71. The maximum atomic E-state index is 13.3. The Labute approximate surface area is 199 Å². The Kier molecular flexibility index (Phi) is 5.92. The maximum absolute atomic E-state index is 13.3. The fraction of sp³-hybridized carbons (Fsp3) is 0.296. The zero-order valence-corrected chi connectivity index (χ0v) is 19.7. The Hall–Kier alpha value is -4.05. The number of nitriles is 1. The number of ketones is 1. The lowest BCUT2D eigenvalue weighted by atomic mass is 9.72. The number of carbonyl (C=O) groups is 2. The number of methoxy groups -OCH3 is 2. The molecule has 0 amide bonds. The van der Waals surface area contributed by atoms with Crippen molar-refractivity contribution in [1.82, 2.24) is 0 Å². The molecular weight excluding hydrogens is 430 g/mol. The average molecular weight is 458 g/mol. The molecule has 2 N–H and O–H groups in total. The summed E-state index contributed by atoms with van der Waals surface area (Å²) < 4.78 is 10.3. The fourth-order valence-corrected chi connectivity index (χ4v) is 4.84. The molecule has 1 heterocycles. The Balaban J connectivity index is 2.05. The smallest absolute Gasteiger partial charge is 0.339 e. The van der Waals surface area contributed by atoms with Crippen LogP contribution in [-0.2, 0) is 9.53 Å². The lowest BCUT2D eigenvalue weighted by Crippen LogP contribution is -2.42. The summed E-state index contributed by atoms with van der Waals surface area (Å²) in [7, 11) is 2.91. The van der Waals surface area contributed by atoms with Gasteiger partial charge < -0.3 is 20.1 Å². The number of rotatable bonds is 4. The van der Waals surface area contributed by atoms with Crippen molar-refractivity contribution in [3.63, 3.8) is 0 Å². The van der Waals surface area contributed by atoms with Crippen molar-refractivity contribution < 1.29 is 19.1 Å². The minimum Gasteiger partial charge on any atom is -0.497 e. The summed E-state index contributed by atoms with van der Waals surface area (Å²) in [5, 5.41) is 10.2. The first-order valence-electron chi connectivity index (χ1n) is 11.0. The number of para-hydroxylation sites is 1. The molecule has 0 spiro atoms. The van der Waals surface area contributed by atoms with Gasteiger partial charge in [0.2, 0.25) is 0 Å². The Bertz CT molecular complexity index is 1270. The number of ether oxygens (including phenoxy) is 2. The molecule has 2 aromatic rings. The van der Waals surface area contributed by atoms with Crippen LogP contribution in [0.15, 0.2) is 71.1 Å². The van der Waals surface area contributed by atoms with E-state index in [0.717, 1.165) is 5.56 Å². The molecule has 0 bridgehead atoms. The van der Waals surface area contributed by atoms with Crippen LogP contribution in [0.5, 0.6) is 5.75 Å². The van der Waals surface area contributed by atoms with Gasteiger partial charge in [-0.2, -0.15) is 5.26 Å². The van der Waals surface area contributed by atoms with Crippen LogP contribution in [0.2, 0.25) is 0 Å². The number of nitrogens with two attached hydrogens (primary N) is 1. The first-order valence-corrected chi connectivity index (χ1v) is 11.0. The van der Waals surface area contributed by atoms with Crippen LogP contribution >= 0.6 is 0 Å². The molecule has 4 rings (SSSR count). The second-order valence-electron chi connectivity index (χ2n) is 9.26. The SMILES string of the molecule is COC(=O)c1ccccc1N1C2=C(C(=O)CC(C)(C)C2)C(N)=C(C#N)C1c1ccc(OC)cc1. The van der Waals surface area contributed by atoms with Gasteiger partial charge in [0.05, 0.1) is 54.4 Å². The standard InChI is InChI=1S/C27H27N3O4/c1-27(2)13-21-23(22(31)14-27)24(29)19(15-28)25(16-9-11-17(33-3)12-10-16)30(21)20-8-6-5-7-18(20)26(32)34-4/h5-12,25H,13-14,29H2,1-4H3. The molecule has 1 aliphatic carbocycles. The lowest BCUT2D eigenvalue weighted by Gasteiger charge is -2.45. The van der Waals surface area contributed by atoms with Crippen molar-refractivity contribution >= 4 is 17.4 Å². The number of allylic oxidation sites excluding steroid dienone is 2. The topological polar surface area (TPSA) is 106 Å². The third kappa shape index (κ3) is 3.81. The van der Waals surface area contributed by atoms with Crippen LogP contribution in [0.1, 0.15) is 48.7 Å². The van der Waals surface area contributed by atoms with E-state index in [1.54, 1.807) is 25.3 Å². The van der Waals surface area contributed by atoms with Gasteiger partial charge in [0.1, 0.15) is 5.75 Å². The van der Waals surface area contributed by atoms with E-state index in [9.17, 15) is 14.9 Å². The molecule has 1 aliphatic heterocycles. The summed E-state index contributed by atoms with van der Waals surface area (Å²) in [6, 6.07) is 16.0. The average Bonchev–Trinajstić information content (AvgIpc) is 2.82. The van der Waals surface area contributed by atoms with Gasteiger partial charge in [-0.1, -0.05) is 38.1 Å². The highest BCUT2D eigenvalue weighted by atomic mass is 16.5. The number of benzene rings is 2. The molecule has 7 heteroatoms. The highest BCUT2D eigenvalue weighted by Gasteiger charge is 2.44. The predicted molar refractivity (Wildman–Crippen MR) is 128 cm³/mol. The summed E-state index contributed by atoms with van der Waals surface area (Å²) in [6.45, 7) is 4.06. The van der Waals surface area contributed by atoms with E-state index in [4.69, 9.17) is 15.2 Å². The van der Waals surface area contributed by atoms with E-state index in [1.807, 2.05) is 49.1 Å². The van der Waals surface area contributed by atoms with Crippen LogP contribution < -0.4 is 15.4 Å². The molecule has 2 aliphatic rings. The van der Waals surface area contributed by atoms with E-state index >= 15 is 0 Å². The number of esters is 1. The Morgan fingerprint density at radius 2 is 1.79 bits per heavy atom. The first-order chi connectivity index (χ1) is 16.2. The number of anilines is 1. The second-order valence-corrected chi connectivity index (χ2v) is 9.26. The summed E-state index contributed by atoms with van der Waals surface area (Å²) >= 11 is 0. The van der Waals surface area contributed by atoms with Crippen molar-refractivity contribution in [2.24, 2.45) is 11.1 Å². The molecule has 0 radical (unpaired) electrons. The van der Waals surface area contributed by atoms with Crippen LogP contribution in [-0.4, -0.2) is 26.0 Å². The molecule has 0 fully saturated rings. The summed E-state index contributed by atoms with van der Waals surface area (Å²) in [5.74, 6) is 0.0595. The molecular formula is C27H27N3O4. The molecule has 174 valence electrons. The molecule has 0 saturated heterocycles. The van der Waals surface area contributed by atoms with Gasteiger partial charge in [-0.25, -0.2) is 4.79 Å². The van der Waals surface area contributed by atoms with E-state index in [0.29, 0.717) is 41.1 Å². The van der Waals surface area contributed by atoms with Crippen molar-refractivity contribution in [1.29, 1.82) is 5.26 Å². The molecule has 1 atom stereocenters. The maximum Gasteiger partial charge on any atom is 0.339 e. The normalized spacial score (nSPS) is 19.4. The predicted octanol–water partition coefficient (Wildman–Crippen LogP) is 4.42. The molecule has 0 saturated carbocycles. The minimum atomic E-state index is -0.637. The number of Topliss-reactive ketones (excluding diaryl/α,β-unsaturated/α-hetero) is 1. The number of hydrogen-bond donors (Lipinski definition) is 1. The van der Waals surface area contributed by atoms with Crippen molar-refractivity contribution in [2.75, 3.05) is 19.1 Å². The van der Waals surface area contributed by atoms with Gasteiger partial charge in [0.25, 0.3) is 0 Å². The summed E-state index contributed by atoms with van der Waals surface area (Å²) in [4.78, 5) is 27.9. The number of hydrogen-bond acceptors (Lipinski definition) is 7.